The number of anilines is 1. The van der Waals surface area contributed by atoms with E-state index in [4.69, 9.17) is 4.74 Å². The lowest BCUT2D eigenvalue weighted by Crippen LogP contribution is -2.15. The molecule has 0 aliphatic rings. The van der Waals surface area contributed by atoms with Gasteiger partial charge in [0.1, 0.15) is 11.6 Å². The van der Waals surface area contributed by atoms with Crippen LogP contribution in [0, 0.1) is 6.92 Å². The number of benzene rings is 2. The highest BCUT2D eigenvalue weighted by Gasteiger charge is 2.17. The molecule has 8 heteroatoms. The van der Waals surface area contributed by atoms with E-state index < -0.39 is 0 Å². The first-order valence-corrected chi connectivity index (χ1v) is 12.2. The molecule has 2 heterocycles. The number of para-hydroxylation sites is 2. The van der Waals surface area contributed by atoms with Crippen molar-refractivity contribution in [3.8, 4) is 11.4 Å². The zero-order valence-corrected chi connectivity index (χ0v) is 19.6. The van der Waals surface area contributed by atoms with Crippen LogP contribution in [-0.2, 0) is 11.2 Å². The van der Waals surface area contributed by atoms with E-state index in [1.165, 1.54) is 22.2 Å². The Morgan fingerprint density at radius 3 is 2.66 bits per heavy atom. The van der Waals surface area contributed by atoms with Crippen molar-refractivity contribution < 1.29 is 9.53 Å². The van der Waals surface area contributed by atoms with Crippen LogP contribution in [0.3, 0.4) is 0 Å². The van der Waals surface area contributed by atoms with E-state index in [9.17, 15) is 4.79 Å². The lowest BCUT2D eigenvalue weighted by molar-refractivity contribution is -0.113. The summed E-state index contributed by atoms with van der Waals surface area (Å²) >= 11 is 3.06. The lowest BCUT2D eigenvalue weighted by Gasteiger charge is -2.12. The summed E-state index contributed by atoms with van der Waals surface area (Å²) in [5.41, 5.74) is 2.83. The summed E-state index contributed by atoms with van der Waals surface area (Å²) in [6.45, 7) is 4.51. The van der Waals surface area contributed by atoms with Gasteiger partial charge >= 0.3 is 0 Å². The number of rotatable bonds is 9. The number of carbonyl (C=O) groups excluding carboxylic acids is 1. The van der Waals surface area contributed by atoms with Gasteiger partial charge < -0.3 is 10.1 Å². The van der Waals surface area contributed by atoms with E-state index in [1.807, 2.05) is 41.8 Å². The van der Waals surface area contributed by atoms with Gasteiger partial charge in [0.2, 0.25) is 5.91 Å². The minimum absolute atomic E-state index is 0.125. The number of hydrogen-bond donors (Lipinski definition) is 1. The van der Waals surface area contributed by atoms with E-state index in [0.29, 0.717) is 29.6 Å². The molecule has 0 unspecified atom stereocenters. The number of thiophene rings is 1. The van der Waals surface area contributed by atoms with Crippen LogP contribution in [0.1, 0.15) is 23.2 Å². The smallest absolute Gasteiger partial charge is 0.234 e. The zero-order chi connectivity index (χ0) is 22.3. The first-order chi connectivity index (χ1) is 15.6. The van der Waals surface area contributed by atoms with E-state index in [0.717, 1.165) is 11.5 Å². The van der Waals surface area contributed by atoms with Crippen LogP contribution in [0.2, 0.25) is 0 Å². The third kappa shape index (κ3) is 5.38. The van der Waals surface area contributed by atoms with Gasteiger partial charge in [0.15, 0.2) is 5.16 Å². The summed E-state index contributed by atoms with van der Waals surface area (Å²) in [5.74, 6) is 1.60. The SMILES string of the molecule is CCOc1ccccc1NC(=O)CSc1nnc(Cc2cccs2)n1-c1ccc(C)cc1. The van der Waals surface area contributed by atoms with E-state index in [1.54, 1.807) is 11.3 Å². The van der Waals surface area contributed by atoms with Gasteiger partial charge in [-0.2, -0.15) is 0 Å². The quantitative estimate of drug-likeness (QED) is 0.338. The number of thioether (sulfide) groups is 1. The summed E-state index contributed by atoms with van der Waals surface area (Å²) in [5, 5.41) is 14.5. The Morgan fingerprint density at radius 2 is 1.91 bits per heavy atom. The van der Waals surface area contributed by atoms with E-state index in [-0.39, 0.29) is 11.7 Å². The van der Waals surface area contributed by atoms with Crippen LogP contribution in [0.25, 0.3) is 5.69 Å². The number of nitrogens with zero attached hydrogens (tertiary/aromatic N) is 3. The molecule has 0 aliphatic heterocycles. The maximum atomic E-state index is 12.7. The predicted octanol–water partition coefficient (Wildman–Crippen LogP) is 5.36. The number of aromatic nitrogens is 3. The summed E-state index contributed by atoms with van der Waals surface area (Å²) in [7, 11) is 0. The number of nitrogens with one attached hydrogen (secondary N) is 1. The van der Waals surface area contributed by atoms with Crippen LogP contribution in [0.5, 0.6) is 5.75 Å². The molecule has 1 N–H and O–H groups in total. The molecule has 4 aromatic rings. The predicted molar refractivity (Wildman–Crippen MR) is 130 cm³/mol. The van der Waals surface area contributed by atoms with Crippen molar-refractivity contribution in [3.05, 3.63) is 82.3 Å². The van der Waals surface area contributed by atoms with Crippen molar-refractivity contribution in [1.82, 2.24) is 14.8 Å². The largest absolute Gasteiger partial charge is 0.492 e. The minimum Gasteiger partial charge on any atom is -0.492 e. The van der Waals surface area contributed by atoms with E-state index >= 15 is 0 Å². The summed E-state index contributed by atoms with van der Waals surface area (Å²) in [4.78, 5) is 13.9. The van der Waals surface area contributed by atoms with Gasteiger partial charge in [-0.3, -0.25) is 9.36 Å². The molecular weight excluding hydrogens is 440 g/mol. The molecule has 2 aromatic carbocycles. The highest BCUT2D eigenvalue weighted by atomic mass is 32.2. The van der Waals surface area contributed by atoms with Gasteiger partial charge in [-0.05, 0) is 49.6 Å². The molecule has 0 atom stereocenters. The summed E-state index contributed by atoms with van der Waals surface area (Å²) in [6, 6.07) is 19.8. The number of aryl methyl sites for hydroxylation is 1. The molecule has 32 heavy (non-hydrogen) atoms. The second-order valence-electron chi connectivity index (χ2n) is 7.09. The second-order valence-corrected chi connectivity index (χ2v) is 9.07. The van der Waals surface area contributed by atoms with E-state index in [2.05, 4.69) is 58.1 Å². The lowest BCUT2D eigenvalue weighted by atomic mass is 10.2. The molecule has 0 fully saturated rings. The van der Waals surface area contributed by atoms with Crippen LogP contribution in [0.15, 0.2) is 71.2 Å². The molecule has 0 spiro atoms. The highest BCUT2D eigenvalue weighted by molar-refractivity contribution is 7.99. The second kappa shape index (κ2) is 10.5. The molecule has 0 aliphatic carbocycles. The summed E-state index contributed by atoms with van der Waals surface area (Å²) < 4.78 is 7.63. The van der Waals surface area contributed by atoms with Crippen LogP contribution in [0.4, 0.5) is 5.69 Å². The number of ether oxygens (including phenoxy) is 1. The Kier molecular flexibility index (Phi) is 7.24. The maximum Gasteiger partial charge on any atom is 0.234 e. The summed E-state index contributed by atoms with van der Waals surface area (Å²) in [6.07, 6.45) is 0.688. The van der Waals surface area contributed by atoms with Crippen molar-refractivity contribution >= 4 is 34.7 Å². The molecule has 0 saturated carbocycles. The Hall–Kier alpha value is -3.10. The van der Waals surface area contributed by atoms with Gasteiger partial charge in [0, 0.05) is 17.0 Å². The Labute approximate surface area is 195 Å². The Morgan fingerprint density at radius 1 is 1.09 bits per heavy atom. The normalized spacial score (nSPS) is 10.8. The average molecular weight is 465 g/mol. The average Bonchev–Trinajstić information content (AvgIpc) is 3.45. The van der Waals surface area contributed by atoms with Crippen molar-refractivity contribution in [2.75, 3.05) is 17.7 Å². The highest BCUT2D eigenvalue weighted by Crippen LogP contribution is 2.27. The fraction of sp³-hybridized carbons (Fsp3) is 0.208. The van der Waals surface area contributed by atoms with Gasteiger partial charge in [-0.25, -0.2) is 0 Å². The molecular formula is C24H24N4O2S2. The minimum atomic E-state index is -0.125. The third-order valence-electron chi connectivity index (χ3n) is 4.70. The molecule has 2 aromatic heterocycles. The van der Waals surface area contributed by atoms with Crippen molar-refractivity contribution in [2.45, 2.75) is 25.4 Å². The standard InChI is InChI=1S/C24H24N4O2S2/c1-3-30-21-9-5-4-8-20(21)25-23(29)16-32-24-27-26-22(15-19-7-6-14-31-19)28(24)18-12-10-17(2)11-13-18/h4-14H,3,15-16H2,1-2H3,(H,25,29). The van der Waals surface area contributed by atoms with Crippen molar-refractivity contribution in [3.63, 3.8) is 0 Å². The zero-order valence-electron chi connectivity index (χ0n) is 17.9. The van der Waals surface area contributed by atoms with Crippen LogP contribution in [-0.4, -0.2) is 33.0 Å². The molecule has 0 saturated heterocycles. The number of hydrogen-bond acceptors (Lipinski definition) is 6. The third-order valence-corrected chi connectivity index (χ3v) is 6.50. The first-order valence-electron chi connectivity index (χ1n) is 10.3. The molecule has 1 amide bonds. The molecule has 0 bridgehead atoms. The number of carbonyl (C=O) groups is 1. The molecule has 164 valence electrons. The first kappa shape index (κ1) is 22.1. The topological polar surface area (TPSA) is 69.0 Å². The molecule has 6 nitrogen and oxygen atoms in total. The van der Waals surface area contributed by atoms with Crippen molar-refractivity contribution in [1.29, 1.82) is 0 Å². The van der Waals surface area contributed by atoms with Gasteiger partial charge in [0.25, 0.3) is 0 Å². The van der Waals surface area contributed by atoms with Crippen LogP contribution >= 0.6 is 23.1 Å². The fourth-order valence-corrected chi connectivity index (χ4v) is 4.67. The molecule has 4 rings (SSSR count). The molecule has 0 radical (unpaired) electrons. The van der Waals surface area contributed by atoms with Crippen molar-refractivity contribution in [2.24, 2.45) is 0 Å². The fourth-order valence-electron chi connectivity index (χ4n) is 3.20. The maximum absolute atomic E-state index is 12.7. The number of amides is 1. The van der Waals surface area contributed by atoms with Crippen LogP contribution < -0.4 is 10.1 Å². The van der Waals surface area contributed by atoms with Gasteiger partial charge in [-0.1, -0.05) is 47.7 Å². The Bertz CT molecular complexity index is 1170. The van der Waals surface area contributed by atoms with Gasteiger partial charge in [-0.15, -0.1) is 21.5 Å². The monoisotopic (exact) mass is 464 g/mol. The Balaban J connectivity index is 1.52. The van der Waals surface area contributed by atoms with Gasteiger partial charge in [0.05, 0.1) is 18.0 Å².